The van der Waals surface area contributed by atoms with Gasteiger partial charge in [-0.15, -0.1) is 0 Å². The number of pyridine rings is 1. The first-order valence-corrected chi connectivity index (χ1v) is 9.10. The van der Waals surface area contributed by atoms with Crippen molar-refractivity contribution >= 4 is 28.4 Å². The summed E-state index contributed by atoms with van der Waals surface area (Å²) < 4.78 is 2.08. The minimum Gasteiger partial charge on any atom is -0.368 e. The maximum Gasteiger partial charge on any atom is 0.234 e. The number of aryl methyl sites for hydroxylation is 1. The molecular weight excluding hydrogens is 340 g/mol. The second-order valence-electron chi connectivity index (χ2n) is 7.03. The number of nitriles is 1. The van der Waals surface area contributed by atoms with Crippen LogP contribution in [0.15, 0.2) is 30.3 Å². The minimum atomic E-state index is -0.291. The number of nitrogens with two attached hydrogens (primary N) is 1. The maximum absolute atomic E-state index is 11.5. The van der Waals surface area contributed by atoms with Crippen LogP contribution in [0.25, 0.3) is 16.7 Å². The Labute approximate surface area is 157 Å². The van der Waals surface area contributed by atoms with Crippen LogP contribution in [-0.2, 0) is 4.79 Å². The number of rotatable bonds is 3. The Kier molecular flexibility index (Phi) is 4.21. The third kappa shape index (κ3) is 2.78. The average Bonchev–Trinajstić information content (AvgIpc) is 3.06. The van der Waals surface area contributed by atoms with Crippen molar-refractivity contribution in [2.75, 3.05) is 31.1 Å². The van der Waals surface area contributed by atoms with Crippen molar-refractivity contribution in [2.45, 2.75) is 19.9 Å². The van der Waals surface area contributed by atoms with Crippen molar-refractivity contribution in [2.24, 2.45) is 5.73 Å². The number of carbonyl (C=O) groups excluding carboxylic acids is 1. The fourth-order valence-corrected chi connectivity index (χ4v) is 3.82. The SMILES string of the molecule is Cc1cc(N2CCN([C@@H](C)C(N)=O)CC2)n2c(nc3ccccc32)c1C#N. The van der Waals surface area contributed by atoms with Gasteiger partial charge in [-0.05, 0) is 37.6 Å². The van der Waals surface area contributed by atoms with E-state index in [1.165, 1.54) is 0 Å². The Morgan fingerprint density at radius 2 is 1.96 bits per heavy atom. The Hall–Kier alpha value is -3.11. The highest BCUT2D eigenvalue weighted by Gasteiger charge is 2.26. The molecule has 3 aromatic rings. The predicted molar refractivity (Wildman–Crippen MR) is 105 cm³/mol. The number of imidazole rings is 1. The molecule has 0 bridgehead atoms. The molecule has 0 spiro atoms. The van der Waals surface area contributed by atoms with E-state index in [2.05, 4.69) is 26.3 Å². The Balaban J connectivity index is 1.79. The van der Waals surface area contributed by atoms with E-state index >= 15 is 0 Å². The molecule has 0 unspecified atom stereocenters. The molecule has 0 saturated carbocycles. The third-order valence-electron chi connectivity index (χ3n) is 5.46. The van der Waals surface area contributed by atoms with Crippen LogP contribution >= 0.6 is 0 Å². The first-order valence-electron chi connectivity index (χ1n) is 9.10. The largest absolute Gasteiger partial charge is 0.368 e. The van der Waals surface area contributed by atoms with Gasteiger partial charge in [-0.25, -0.2) is 4.98 Å². The van der Waals surface area contributed by atoms with Crippen LogP contribution in [0.3, 0.4) is 0 Å². The molecule has 7 nitrogen and oxygen atoms in total. The molecule has 3 heterocycles. The van der Waals surface area contributed by atoms with E-state index in [9.17, 15) is 10.1 Å². The topological polar surface area (TPSA) is 90.7 Å². The van der Waals surface area contributed by atoms with E-state index in [-0.39, 0.29) is 11.9 Å². The van der Waals surface area contributed by atoms with E-state index in [1.807, 2.05) is 38.1 Å². The molecule has 27 heavy (non-hydrogen) atoms. The second kappa shape index (κ2) is 6.56. The molecule has 138 valence electrons. The summed E-state index contributed by atoms with van der Waals surface area (Å²) in [6.07, 6.45) is 0. The third-order valence-corrected chi connectivity index (χ3v) is 5.46. The number of benzene rings is 1. The summed E-state index contributed by atoms with van der Waals surface area (Å²) in [6, 6.07) is 12.0. The van der Waals surface area contributed by atoms with Gasteiger partial charge in [-0.3, -0.25) is 14.1 Å². The van der Waals surface area contributed by atoms with Gasteiger partial charge in [0.05, 0.1) is 22.6 Å². The number of para-hydroxylation sites is 2. The van der Waals surface area contributed by atoms with Gasteiger partial charge >= 0.3 is 0 Å². The van der Waals surface area contributed by atoms with Crippen molar-refractivity contribution < 1.29 is 4.79 Å². The maximum atomic E-state index is 11.5. The quantitative estimate of drug-likeness (QED) is 0.765. The van der Waals surface area contributed by atoms with Crippen molar-refractivity contribution in [1.82, 2.24) is 14.3 Å². The van der Waals surface area contributed by atoms with Gasteiger partial charge in [0.2, 0.25) is 5.91 Å². The van der Waals surface area contributed by atoms with E-state index in [4.69, 9.17) is 10.7 Å². The molecule has 1 aliphatic rings. The monoisotopic (exact) mass is 362 g/mol. The van der Waals surface area contributed by atoms with E-state index in [0.29, 0.717) is 11.2 Å². The highest BCUT2D eigenvalue weighted by atomic mass is 16.1. The summed E-state index contributed by atoms with van der Waals surface area (Å²) in [5, 5.41) is 9.62. The number of hydrogen-bond acceptors (Lipinski definition) is 5. The highest BCUT2D eigenvalue weighted by Crippen LogP contribution is 2.29. The summed E-state index contributed by atoms with van der Waals surface area (Å²) in [5.74, 6) is 0.738. The molecule has 1 saturated heterocycles. The standard InChI is InChI=1S/C20H22N6O/c1-13-11-18(25-9-7-24(8-10-25)14(2)19(22)27)26-17-6-4-3-5-16(17)23-20(26)15(13)12-21/h3-6,11,14H,7-10H2,1-2H3,(H2,22,27)/t14-/m0/s1. The van der Waals surface area contributed by atoms with Gasteiger partial charge in [-0.1, -0.05) is 12.1 Å². The van der Waals surface area contributed by atoms with Crippen LogP contribution in [-0.4, -0.2) is 52.4 Å². The number of carbonyl (C=O) groups is 1. The van der Waals surface area contributed by atoms with E-state index in [1.54, 1.807) is 0 Å². The Morgan fingerprint density at radius 1 is 1.26 bits per heavy atom. The summed E-state index contributed by atoms with van der Waals surface area (Å²) >= 11 is 0. The average molecular weight is 362 g/mol. The van der Waals surface area contributed by atoms with Crippen LogP contribution in [0.1, 0.15) is 18.1 Å². The molecule has 1 aliphatic heterocycles. The van der Waals surface area contributed by atoms with Gasteiger partial charge < -0.3 is 10.6 Å². The van der Waals surface area contributed by atoms with Crippen LogP contribution < -0.4 is 10.6 Å². The number of amides is 1. The van der Waals surface area contributed by atoms with E-state index < -0.39 is 0 Å². The second-order valence-corrected chi connectivity index (χ2v) is 7.03. The lowest BCUT2D eigenvalue weighted by molar-refractivity contribution is -0.122. The van der Waals surface area contributed by atoms with Crippen LogP contribution in [0.2, 0.25) is 0 Å². The predicted octanol–water partition coefficient (Wildman–Crippen LogP) is 1.66. The summed E-state index contributed by atoms with van der Waals surface area (Å²) in [6.45, 7) is 6.89. The molecular formula is C20H22N6O. The van der Waals surface area contributed by atoms with Crippen LogP contribution in [0.5, 0.6) is 0 Å². The zero-order valence-corrected chi connectivity index (χ0v) is 15.5. The van der Waals surface area contributed by atoms with Crippen molar-refractivity contribution in [3.63, 3.8) is 0 Å². The zero-order valence-electron chi connectivity index (χ0n) is 15.5. The van der Waals surface area contributed by atoms with Crippen LogP contribution in [0.4, 0.5) is 5.82 Å². The van der Waals surface area contributed by atoms with Crippen LogP contribution in [0, 0.1) is 18.3 Å². The number of primary amides is 1. The van der Waals surface area contributed by atoms with Crippen molar-refractivity contribution in [1.29, 1.82) is 5.26 Å². The Morgan fingerprint density at radius 3 is 2.63 bits per heavy atom. The normalized spacial score (nSPS) is 16.6. The summed E-state index contributed by atoms with van der Waals surface area (Å²) in [7, 11) is 0. The molecule has 1 amide bonds. The number of fused-ring (bicyclic) bond motifs is 3. The lowest BCUT2D eigenvalue weighted by atomic mass is 10.1. The van der Waals surface area contributed by atoms with E-state index in [0.717, 1.165) is 48.6 Å². The molecule has 2 aromatic heterocycles. The first kappa shape index (κ1) is 17.3. The van der Waals surface area contributed by atoms with Crippen molar-refractivity contribution in [3.8, 4) is 6.07 Å². The highest BCUT2D eigenvalue weighted by molar-refractivity contribution is 5.85. The smallest absolute Gasteiger partial charge is 0.234 e. The molecule has 4 rings (SSSR count). The minimum absolute atomic E-state index is 0.260. The first-order chi connectivity index (χ1) is 13.0. The molecule has 0 radical (unpaired) electrons. The van der Waals surface area contributed by atoms with Gasteiger partial charge in [0.25, 0.3) is 0 Å². The zero-order chi connectivity index (χ0) is 19.1. The molecule has 0 aliphatic carbocycles. The van der Waals surface area contributed by atoms with Gasteiger partial charge in [-0.2, -0.15) is 5.26 Å². The van der Waals surface area contributed by atoms with Crippen molar-refractivity contribution in [3.05, 3.63) is 41.5 Å². The molecule has 1 atom stereocenters. The Bertz CT molecular complexity index is 1070. The number of piperazine rings is 1. The number of hydrogen-bond donors (Lipinski definition) is 1. The molecule has 7 heteroatoms. The number of aromatic nitrogens is 2. The summed E-state index contributed by atoms with van der Waals surface area (Å²) in [5.41, 5.74) is 9.54. The van der Waals surface area contributed by atoms with Gasteiger partial charge in [0, 0.05) is 26.2 Å². The lowest BCUT2D eigenvalue weighted by Gasteiger charge is -2.38. The van der Waals surface area contributed by atoms with Gasteiger partial charge in [0.1, 0.15) is 11.9 Å². The molecule has 2 N–H and O–H groups in total. The number of nitrogens with zero attached hydrogens (tertiary/aromatic N) is 5. The lowest BCUT2D eigenvalue weighted by Crippen LogP contribution is -2.53. The number of anilines is 1. The molecule has 1 fully saturated rings. The fraction of sp³-hybridized carbons (Fsp3) is 0.350. The van der Waals surface area contributed by atoms with Gasteiger partial charge in [0.15, 0.2) is 5.65 Å². The molecule has 1 aromatic carbocycles. The summed E-state index contributed by atoms with van der Waals surface area (Å²) in [4.78, 5) is 20.6. The fourth-order valence-electron chi connectivity index (χ4n) is 3.82.